The highest BCUT2D eigenvalue weighted by molar-refractivity contribution is 5.15. The Morgan fingerprint density at radius 2 is 1.73 bits per heavy atom. The number of imidazole rings is 1. The molecule has 3 fully saturated rings. The van der Waals surface area contributed by atoms with Crippen molar-refractivity contribution in [3.63, 3.8) is 0 Å². The van der Waals surface area contributed by atoms with E-state index in [0.717, 1.165) is 25.6 Å². The van der Waals surface area contributed by atoms with E-state index in [1.807, 2.05) is 0 Å². The van der Waals surface area contributed by atoms with E-state index in [1.54, 1.807) is 0 Å². The van der Waals surface area contributed by atoms with Gasteiger partial charge >= 0.3 is 0 Å². The fraction of sp³-hybridized carbons (Fsp3) is 0.833. The molecule has 0 amide bonds. The van der Waals surface area contributed by atoms with E-state index in [-0.39, 0.29) is 0 Å². The van der Waals surface area contributed by atoms with Crippen molar-refractivity contribution in [1.29, 1.82) is 0 Å². The minimum absolute atomic E-state index is 0.675. The van der Waals surface area contributed by atoms with Crippen LogP contribution in [0.5, 0.6) is 0 Å². The van der Waals surface area contributed by atoms with Crippen molar-refractivity contribution < 1.29 is 0 Å². The molecule has 2 saturated heterocycles. The lowest BCUT2D eigenvalue weighted by Crippen LogP contribution is -2.29. The summed E-state index contributed by atoms with van der Waals surface area (Å²) in [5.41, 5.74) is 1.39. The largest absolute Gasteiger partial charge is 0.333 e. The first-order valence-electron chi connectivity index (χ1n) is 9.40. The molecule has 1 saturated carbocycles. The monoisotopic (exact) mass is 302 g/mol. The van der Waals surface area contributed by atoms with Crippen LogP contribution in [0.1, 0.15) is 68.3 Å². The number of aromatic nitrogens is 2. The molecule has 0 aromatic carbocycles. The molecule has 2 aliphatic heterocycles. The SMILES string of the molecule is c1c(C2CCC2)nc(C2CCNCC2)n1CCN1CCCC1. The van der Waals surface area contributed by atoms with Crippen LogP contribution in [0.4, 0.5) is 0 Å². The molecule has 0 atom stereocenters. The number of piperidine rings is 1. The zero-order valence-electron chi connectivity index (χ0n) is 13.8. The topological polar surface area (TPSA) is 33.1 Å². The Morgan fingerprint density at radius 3 is 2.41 bits per heavy atom. The summed E-state index contributed by atoms with van der Waals surface area (Å²) in [7, 11) is 0. The van der Waals surface area contributed by atoms with E-state index < -0.39 is 0 Å². The van der Waals surface area contributed by atoms with Gasteiger partial charge in [-0.3, -0.25) is 0 Å². The van der Waals surface area contributed by atoms with Crippen LogP contribution < -0.4 is 5.32 Å². The van der Waals surface area contributed by atoms with E-state index in [4.69, 9.17) is 4.98 Å². The van der Waals surface area contributed by atoms with Crippen LogP contribution in [0.3, 0.4) is 0 Å². The molecule has 4 nitrogen and oxygen atoms in total. The van der Waals surface area contributed by atoms with Gasteiger partial charge in [0.15, 0.2) is 0 Å². The number of nitrogens with one attached hydrogen (secondary N) is 1. The summed E-state index contributed by atoms with van der Waals surface area (Å²) in [6.07, 6.45) is 11.8. The van der Waals surface area contributed by atoms with Crippen molar-refractivity contribution in [3.05, 3.63) is 17.7 Å². The Hall–Kier alpha value is -0.870. The lowest BCUT2D eigenvalue weighted by Gasteiger charge is -2.24. The van der Waals surface area contributed by atoms with Crippen LogP contribution >= 0.6 is 0 Å². The molecule has 0 spiro atoms. The zero-order valence-corrected chi connectivity index (χ0v) is 13.8. The molecule has 4 heteroatoms. The van der Waals surface area contributed by atoms with Gasteiger partial charge in [0, 0.05) is 31.1 Å². The molecule has 0 radical (unpaired) electrons. The number of hydrogen-bond acceptors (Lipinski definition) is 3. The molecular weight excluding hydrogens is 272 g/mol. The van der Waals surface area contributed by atoms with Gasteiger partial charge in [-0.2, -0.15) is 0 Å². The van der Waals surface area contributed by atoms with E-state index in [2.05, 4.69) is 21.0 Å². The Morgan fingerprint density at radius 1 is 0.955 bits per heavy atom. The maximum atomic E-state index is 5.12. The van der Waals surface area contributed by atoms with Crippen molar-refractivity contribution in [1.82, 2.24) is 19.8 Å². The molecule has 122 valence electrons. The highest BCUT2D eigenvalue weighted by Gasteiger charge is 2.27. The van der Waals surface area contributed by atoms with Gasteiger partial charge < -0.3 is 14.8 Å². The lowest BCUT2D eigenvalue weighted by atomic mass is 9.83. The third kappa shape index (κ3) is 3.09. The average molecular weight is 302 g/mol. The summed E-state index contributed by atoms with van der Waals surface area (Å²) in [5.74, 6) is 2.82. The first-order chi connectivity index (χ1) is 10.9. The standard InChI is InChI=1S/C18H30N4/c1-2-11-21(10-1)12-13-22-14-17(15-4-3-5-15)20-18(22)16-6-8-19-9-7-16/h14-16,19H,1-13H2. The maximum absolute atomic E-state index is 5.12. The van der Waals surface area contributed by atoms with Crippen LogP contribution in [0.2, 0.25) is 0 Å². The summed E-state index contributed by atoms with van der Waals surface area (Å²) in [4.78, 5) is 7.74. The summed E-state index contributed by atoms with van der Waals surface area (Å²) in [6, 6.07) is 0. The van der Waals surface area contributed by atoms with Gasteiger partial charge in [0.2, 0.25) is 0 Å². The van der Waals surface area contributed by atoms with Crippen LogP contribution in [-0.4, -0.2) is 47.2 Å². The second-order valence-electron chi connectivity index (χ2n) is 7.42. The normalized spacial score (nSPS) is 24.7. The van der Waals surface area contributed by atoms with Crippen molar-refractivity contribution in [3.8, 4) is 0 Å². The van der Waals surface area contributed by atoms with Gasteiger partial charge in [0.05, 0.1) is 5.69 Å². The van der Waals surface area contributed by atoms with Gasteiger partial charge in [-0.05, 0) is 64.7 Å². The summed E-state index contributed by atoms with van der Waals surface area (Å²) < 4.78 is 2.52. The summed E-state index contributed by atoms with van der Waals surface area (Å²) in [5, 5.41) is 3.49. The highest BCUT2D eigenvalue weighted by atomic mass is 15.2. The van der Waals surface area contributed by atoms with Crippen LogP contribution in [0.15, 0.2) is 6.20 Å². The van der Waals surface area contributed by atoms with Gasteiger partial charge in [-0.1, -0.05) is 6.42 Å². The second-order valence-corrected chi connectivity index (χ2v) is 7.42. The zero-order chi connectivity index (χ0) is 14.8. The lowest BCUT2D eigenvalue weighted by molar-refractivity contribution is 0.316. The average Bonchev–Trinajstić information content (AvgIpc) is 3.14. The van der Waals surface area contributed by atoms with E-state index >= 15 is 0 Å². The second kappa shape index (κ2) is 6.71. The van der Waals surface area contributed by atoms with Crippen LogP contribution in [-0.2, 0) is 6.54 Å². The number of rotatable bonds is 5. The Bertz CT molecular complexity index is 479. The molecule has 1 N–H and O–H groups in total. The van der Waals surface area contributed by atoms with Crippen molar-refractivity contribution in [2.24, 2.45) is 0 Å². The maximum Gasteiger partial charge on any atom is 0.112 e. The number of likely N-dealkylation sites (tertiary alicyclic amines) is 1. The first-order valence-corrected chi connectivity index (χ1v) is 9.40. The third-order valence-corrected chi connectivity index (χ3v) is 5.91. The number of nitrogens with zero attached hydrogens (tertiary/aromatic N) is 3. The van der Waals surface area contributed by atoms with Crippen molar-refractivity contribution in [2.75, 3.05) is 32.7 Å². The van der Waals surface area contributed by atoms with Gasteiger partial charge in [-0.25, -0.2) is 4.98 Å². The summed E-state index contributed by atoms with van der Waals surface area (Å²) >= 11 is 0. The van der Waals surface area contributed by atoms with E-state index in [0.29, 0.717) is 5.92 Å². The molecule has 3 heterocycles. The predicted octanol–water partition coefficient (Wildman–Crippen LogP) is 2.71. The molecule has 1 aromatic heterocycles. The molecule has 3 aliphatic rings. The van der Waals surface area contributed by atoms with Crippen LogP contribution in [0.25, 0.3) is 0 Å². The smallest absolute Gasteiger partial charge is 0.112 e. The Balaban J connectivity index is 1.49. The first kappa shape index (κ1) is 14.7. The molecular formula is C18H30N4. The summed E-state index contributed by atoms with van der Waals surface area (Å²) in [6.45, 7) is 7.25. The quantitative estimate of drug-likeness (QED) is 0.908. The molecule has 22 heavy (non-hydrogen) atoms. The molecule has 1 aliphatic carbocycles. The van der Waals surface area contributed by atoms with E-state index in [9.17, 15) is 0 Å². The molecule has 1 aromatic rings. The fourth-order valence-corrected chi connectivity index (χ4v) is 4.19. The van der Waals surface area contributed by atoms with Gasteiger partial charge in [0.25, 0.3) is 0 Å². The minimum atomic E-state index is 0.675. The van der Waals surface area contributed by atoms with Crippen LogP contribution in [0, 0.1) is 0 Å². The fourth-order valence-electron chi connectivity index (χ4n) is 4.19. The Kier molecular flexibility index (Phi) is 4.49. The molecule has 4 rings (SSSR count). The predicted molar refractivity (Wildman–Crippen MR) is 89.3 cm³/mol. The molecule has 0 unspecified atom stereocenters. The third-order valence-electron chi connectivity index (χ3n) is 5.91. The Labute approximate surface area is 134 Å². The van der Waals surface area contributed by atoms with Gasteiger partial charge in [-0.15, -0.1) is 0 Å². The van der Waals surface area contributed by atoms with E-state index in [1.165, 1.54) is 76.1 Å². The van der Waals surface area contributed by atoms with Crippen molar-refractivity contribution in [2.45, 2.75) is 63.3 Å². The number of hydrogen-bond donors (Lipinski definition) is 1. The molecule has 0 bridgehead atoms. The van der Waals surface area contributed by atoms with Gasteiger partial charge in [0.1, 0.15) is 5.82 Å². The highest BCUT2D eigenvalue weighted by Crippen LogP contribution is 2.37. The minimum Gasteiger partial charge on any atom is -0.333 e. The van der Waals surface area contributed by atoms with Crippen molar-refractivity contribution >= 4 is 0 Å².